The number of nitrogens with zero attached hydrogens (tertiary/aromatic N) is 5. The maximum atomic E-state index is 13.9. The lowest BCUT2D eigenvalue weighted by molar-refractivity contribution is -0.134. The van der Waals surface area contributed by atoms with Crippen molar-refractivity contribution in [2.45, 2.75) is 64.0 Å². The van der Waals surface area contributed by atoms with Crippen LogP contribution in [0, 0.1) is 5.82 Å². The number of rotatable bonds is 6. The molecule has 2 aromatic rings. The average Bonchev–Trinajstić information content (AvgIpc) is 3.18. The van der Waals surface area contributed by atoms with E-state index < -0.39 is 6.09 Å². The van der Waals surface area contributed by atoms with E-state index in [2.05, 4.69) is 18.7 Å². The van der Waals surface area contributed by atoms with E-state index in [1.54, 1.807) is 17.0 Å². The molecule has 9 nitrogen and oxygen atoms in total. The van der Waals surface area contributed by atoms with Gasteiger partial charge >= 0.3 is 6.09 Å². The molecule has 0 spiro atoms. The van der Waals surface area contributed by atoms with Gasteiger partial charge in [-0.05, 0) is 55.5 Å². The fourth-order valence-corrected chi connectivity index (χ4v) is 6.25. The van der Waals surface area contributed by atoms with Gasteiger partial charge in [0.25, 0.3) is 0 Å². The van der Waals surface area contributed by atoms with Gasteiger partial charge in [-0.3, -0.25) is 19.5 Å². The Bertz CT molecular complexity index is 1280. The predicted octanol–water partition coefficient (Wildman–Crippen LogP) is 3.50. The zero-order valence-corrected chi connectivity index (χ0v) is 23.5. The molecule has 0 aliphatic carbocycles. The number of amides is 3. The normalized spacial score (nSPS) is 22.9. The molecule has 0 unspecified atom stereocenters. The molecule has 5 rings (SSSR count). The molecule has 40 heavy (non-hydrogen) atoms. The number of likely N-dealkylation sites (tertiary alicyclic amines) is 1. The van der Waals surface area contributed by atoms with Crippen molar-refractivity contribution in [2.24, 2.45) is 0 Å². The van der Waals surface area contributed by atoms with Crippen LogP contribution in [0.3, 0.4) is 0 Å². The van der Waals surface area contributed by atoms with Gasteiger partial charge in [0.05, 0.1) is 17.9 Å². The van der Waals surface area contributed by atoms with E-state index in [-0.39, 0.29) is 48.2 Å². The molecule has 3 aliphatic heterocycles. The Morgan fingerprint density at radius 1 is 1.12 bits per heavy atom. The van der Waals surface area contributed by atoms with E-state index in [1.807, 2.05) is 24.1 Å². The number of fused-ring (bicyclic) bond motifs is 1. The molecule has 3 amide bonds. The number of halogens is 1. The number of benzene rings is 1. The van der Waals surface area contributed by atoms with Crippen LogP contribution < -0.4 is 4.90 Å². The molecule has 1 N–H and O–H groups in total. The fraction of sp³-hybridized carbons (Fsp3) is 0.533. The molecular formula is C30H38FN5O4. The summed E-state index contributed by atoms with van der Waals surface area (Å²) in [6.07, 6.45) is 3.74. The Morgan fingerprint density at radius 3 is 2.58 bits per heavy atom. The summed E-state index contributed by atoms with van der Waals surface area (Å²) in [6.45, 7) is 8.36. The second kappa shape index (κ2) is 11.2. The molecule has 2 fully saturated rings. The van der Waals surface area contributed by atoms with Crippen LogP contribution in [0.4, 0.5) is 14.9 Å². The van der Waals surface area contributed by atoms with Crippen molar-refractivity contribution in [3.05, 3.63) is 59.2 Å². The van der Waals surface area contributed by atoms with Gasteiger partial charge in [-0.1, -0.05) is 26.0 Å². The number of piperidine rings is 1. The highest BCUT2D eigenvalue weighted by Gasteiger charge is 2.42. The maximum Gasteiger partial charge on any atom is 0.407 e. The minimum Gasteiger partial charge on any atom is -0.465 e. The van der Waals surface area contributed by atoms with Crippen LogP contribution in [0.1, 0.15) is 56.9 Å². The largest absolute Gasteiger partial charge is 0.465 e. The number of anilines is 1. The summed E-state index contributed by atoms with van der Waals surface area (Å²) in [5.41, 5.74) is 3.22. The highest BCUT2D eigenvalue weighted by molar-refractivity contribution is 5.97. The second-order valence-corrected chi connectivity index (χ2v) is 12.0. The van der Waals surface area contributed by atoms with Gasteiger partial charge in [0.2, 0.25) is 11.8 Å². The molecular weight excluding hydrogens is 513 g/mol. The van der Waals surface area contributed by atoms with Crippen LogP contribution in [-0.4, -0.2) is 94.1 Å². The van der Waals surface area contributed by atoms with Crippen LogP contribution in [0.25, 0.3) is 0 Å². The molecule has 2 saturated heterocycles. The lowest BCUT2D eigenvalue weighted by atomic mass is 9.91. The van der Waals surface area contributed by atoms with Crippen LogP contribution in [-0.2, 0) is 21.4 Å². The Labute approximate surface area is 234 Å². The Hall–Kier alpha value is -3.53. The number of piperazine rings is 1. The van der Waals surface area contributed by atoms with Crippen LogP contribution >= 0.6 is 0 Å². The third-order valence-corrected chi connectivity index (χ3v) is 8.42. The van der Waals surface area contributed by atoms with Gasteiger partial charge in [-0.2, -0.15) is 0 Å². The fourth-order valence-electron chi connectivity index (χ4n) is 6.25. The van der Waals surface area contributed by atoms with Crippen molar-refractivity contribution >= 4 is 23.6 Å². The highest BCUT2D eigenvalue weighted by atomic mass is 19.1. The number of hydrogen-bond donors (Lipinski definition) is 1. The summed E-state index contributed by atoms with van der Waals surface area (Å²) in [6, 6.07) is 7.84. The number of carboxylic acid groups (broad SMARTS) is 1. The third kappa shape index (κ3) is 5.82. The summed E-state index contributed by atoms with van der Waals surface area (Å²) in [5.74, 6) is -0.262. The standard InChI is InChI=1S/C30H38FN5O4/c1-20-15-34(24(17-35(20)29(39)40)16-33-11-5-4-6-26(33)37)18-27(38)36-19-30(2,3)28-25(36)13-22(14-32-28)12-21-7-9-23(31)10-8-21/h7-10,13-14,20,24H,4-6,11-12,15-19H2,1-3H3,(H,39,40)/t20-,24+/m1/s1. The Balaban J connectivity index is 1.36. The zero-order valence-electron chi connectivity index (χ0n) is 23.5. The molecule has 4 heterocycles. The van der Waals surface area contributed by atoms with E-state index in [0.29, 0.717) is 39.0 Å². The number of carbonyl (C=O) groups excluding carboxylic acids is 2. The van der Waals surface area contributed by atoms with Gasteiger partial charge in [-0.15, -0.1) is 0 Å². The molecule has 1 aromatic heterocycles. The molecule has 0 bridgehead atoms. The Kier molecular flexibility index (Phi) is 7.81. The highest BCUT2D eigenvalue weighted by Crippen LogP contribution is 2.40. The SMILES string of the molecule is C[C@@H]1CN(CC(=O)N2CC(C)(C)c3ncc(Cc4ccc(F)cc4)cc32)[C@@H](CN2CCCCC2=O)CN1C(=O)O. The van der Waals surface area contributed by atoms with Crippen LogP contribution in [0.2, 0.25) is 0 Å². The van der Waals surface area contributed by atoms with Crippen molar-refractivity contribution in [3.8, 4) is 0 Å². The number of aromatic nitrogens is 1. The first-order valence-corrected chi connectivity index (χ1v) is 14.1. The quantitative estimate of drug-likeness (QED) is 0.590. The predicted molar refractivity (Wildman–Crippen MR) is 149 cm³/mol. The molecule has 0 radical (unpaired) electrons. The lowest BCUT2D eigenvalue weighted by Crippen LogP contribution is -2.63. The maximum absolute atomic E-state index is 13.9. The van der Waals surface area contributed by atoms with E-state index in [4.69, 9.17) is 4.98 Å². The smallest absolute Gasteiger partial charge is 0.407 e. The number of hydrogen-bond acceptors (Lipinski definition) is 5. The topological polar surface area (TPSA) is 97.3 Å². The summed E-state index contributed by atoms with van der Waals surface area (Å²) >= 11 is 0. The minimum absolute atomic E-state index is 0.0708. The average molecular weight is 552 g/mol. The molecule has 10 heteroatoms. The molecule has 214 valence electrons. The summed E-state index contributed by atoms with van der Waals surface area (Å²) in [5, 5.41) is 9.76. The number of carbonyl (C=O) groups is 3. The van der Waals surface area contributed by atoms with Gasteiger partial charge in [-0.25, -0.2) is 9.18 Å². The van der Waals surface area contributed by atoms with Gasteiger partial charge < -0.3 is 19.8 Å². The van der Waals surface area contributed by atoms with Crippen molar-refractivity contribution < 1.29 is 23.9 Å². The van der Waals surface area contributed by atoms with E-state index in [1.165, 1.54) is 17.0 Å². The second-order valence-electron chi connectivity index (χ2n) is 12.0. The van der Waals surface area contributed by atoms with Crippen LogP contribution in [0.5, 0.6) is 0 Å². The van der Waals surface area contributed by atoms with Gasteiger partial charge in [0, 0.05) is 62.8 Å². The van der Waals surface area contributed by atoms with Gasteiger partial charge in [0.15, 0.2) is 0 Å². The summed E-state index contributed by atoms with van der Waals surface area (Å²) in [4.78, 5) is 50.2. The van der Waals surface area contributed by atoms with Crippen molar-refractivity contribution in [2.75, 3.05) is 44.2 Å². The molecule has 2 atom stereocenters. The van der Waals surface area contributed by atoms with Crippen molar-refractivity contribution in [1.82, 2.24) is 19.7 Å². The minimum atomic E-state index is -0.983. The van der Waals surface area contributed by atoms with Gasteiger partial charge in [0.1, 0.15) is 5.82 Å². The summed E-state index contributed by atoms with van der Waals surface area (Å²) in [7, 11) is 0. The third-order valence-electron chi connectivity index (χ3n) is 8.42. The van der Waals surface area contributed by atoms with E-state index in [9.17, 15) is 23.9 Å². The van der Waals surface area contributed by atoms with E-state index in [0.717, 1.165) is 35.3 Å². The lowest BCUT2D eigenvalue weighted by Gasteiger charge is -2.46. The first-order chi connectivity index (χ1) is 19.0. The van der Waals surface area contributed by atoms with Crippen molar-refractivity contribution in [1.29, 1.82) is 0 Å². The molecule has 3 aliphatic rings. The zero-order chi connectivity index (χ0) is 28.6. The van der Waals surface area contributed by atoms with Crippen molar-refractivity contribution in [3.63, 3.8) is 0 Å². The first kappa shape index (κ1) is 28.0. The summed E-state index contributed by atoms with van der Waals surface area (Å²) < 4.78 is 13.4. The Morgan fingerprint density at radius 2 is 1.88 bits per heavy atom. The monoisotopic (exact) mass is 551 g/mol. The first-order valence-electron chi connectivity index (χ1n) is 14.1. The molecule has 1 aromatic carbocycles. The van der Waals surface area contributed by atoms with E-state index >= 15 is 0 Å². The van der Waals surface area contributed by atoms with Crippen LogP contribution in [0.15, 0.2) is 36.5 Å². The molecule has 0 saturated carbocycles. The number of pyridine rings is 1.